The molecule has 0 aliphatic carbocycles. The van der Waals surface area contributed by atoms with E-state index in [0.29, 0.717) is 10.5 Å². The van der Waals surface area contributed by atoms with Gasteiger partial charge in [0.25, 0.3) is 10.0 Å². The zero-order chi connectivity index (χ0) is 15.8. The lowest BCUT2D eigenvalue weighted by Crippen LogP contribution is -2.16. The van der Waals surface area contributed by atoms with E-state index in [2.05, 4.69) is 15.9 Å². The molecule has 21 heavy (non-hydrogen) atoms. The van der Waals surface area contributed by atoms with E-state index >= 15 is 0 Å². The minimum Gasteiger partial charge on any atom is -0.398 e. The lowest BCUT2D eigenvalue weighted by atomic mass is 10.3. The number of nitrogen functional groups attached to an aromatic ring is 1. The van der Waals surface area contributed by atoms with E-state index < -0.39 is 32.4 Å². The molecule has 0 unspecified atom stereocenters. The molecule has 0 heterocycles. The van der Waals surface area contributed by atoms with Gasteiger partial charge in [-0.1, -0.05) is 27.5 Å². The Morgan fingerprint density at radius 1 is 1.19 bits per heavy atom. The van der Waals surface area contributed by atoms with E-state index in [1.165, 1.54) is 12.1 Å². The first-order valence-electron chi connectivity index (χ1n) is 5.43. The highest BCUT2D eigenvalue weighted by atomic mass is 79.9. The lowest BCUT2D eigenvalue weighted by molar-refractivity contribution is 0.583. The average molecular weight is 398 g/mol. The third-order valence-corrected chi connectivity index (χ3v) is 4.71. The van der Waals surface area contributed by atoms with Gasteiger partial charge in [-0.05, 0) is 24.3 Å². The summed E-state index contributed by atoms with van der Waals surface area (Å²) in [6, 6.07) is 5.51. The maximum absolute atomic E-state index is 13.6. The predicted molar refractivity (Wildman–Crippen MR) is 80.7 cm³/mol. The summed E-state index contributed by atoms with van der Waals surface area (Å²) in [6.45, 7) is 0. The van der Waals surface area contributed by atoms with Gasteiger partial charge in [-0.15, -0.1) is 0 Å². The number of benzene rings is 2. The molecular weight excluding hydrogens is 390 g/mol. The molecule has 0 radical (unpaired) electrons. The molecule has 0 spiro atoms. The van der Waals surface area contributed by atoms with Crippen LogP contribution in [0.4, 0.5) is 20.2 Å². The molecule has 0 aliphatic rings. The second-order valence-electron chi connectivity index (χ2n) is 4.03. The van der Waals surface area contributed by atoms with Gasteiger partial charge in [-0.2, -0.15) is 0 Å². The van der Waals surface area contributed by atoms with Crippen molar-refractivity contribution in [2.75, 3.05) is 10.5 Å². The van der Waals surface area contributed by atoms with Crippen LogP contribution in [0.15, 0.2) is 39.7 Å². The number of anilines is 2. The Morgan fingerprint density at radius 2 is 1.86 bits per heavy atom. The van der Waals surface area contributed by atoms with E-state index in [-0.39, 0.29) is 10.6 Å². The van der Waals surface area contributed by atoms with E-state index in [4.69, 9.17) is 17.3 Å². The highest BCUT2D eigenvalue weighted by molar-refractivity contribution is 9.10. The Labute approximate surface area is 133 Å². The van der Waals surface area contributed by atoms with Crippen molar-refractivity contribution >= 4 is 48.9 Å². The van der Waals surface area contributed by atoms with Crippen LogP contribution in [-0.4, -0.2) is 8.42 Å². The lowest BCUT2D eigenvalue weighted by Gasteiger charge is -2.12. The van der Waals surface area contributed by atoms with Crippen molar-refractivity contribution in [3.63, 3.8) is 0 Å². The minimum absolute atomic E-state index is 0.0238. The molecule has 0 aromatic heterocycles. The maximum Gasteiger partial charge on any atom is 0.264 e. The van der Waals surface area contributed by atoms with E-state index in [1.807, 2.05) is 4.72 Å². The van der Waals surface area contributed by atoms with Crippen LogP contribution in [0, 0.1) is 11.6 Å². The van der Waals surface area contributed by atoms with Crippen molar-refractivity contribution in [2.45, 2.75) is 4.90 Å². The van der Waals surface area contributed by atoms with Crippen LogP contribution < -0.4 is 10.5 Å². The van der Waals surface area contributed by atoms with Gasteiger partial charge in [-0.3, -0.25) is 4.72 Å². The monoisotopic (exact) mass is 396 g/mol. The van der Waals surface area contributed by atoms with Crippen LogP contribution in [0.1, 0.15) is 0 Å². The van der Waals surface area contributed by atoms with Crippen molar-refractivity contribution in [2.24, 2.45) is 0 Å². The normalized spacial score (nSPS) is 11.4. The molecule has 0 bridgehead atoms. The molecule has 2 rings (SSSR count). The molecule has 4 nitrogen and oxygen atoms in total. The number of hydrogen-bond donors (Lipinski definition) is 2. The van der Waals surface area contributed by atoms with Crippen LogP contribution in [-0.2, 0) is 10.0 Å². The number of hydrogen-bond acceptors (Lipinski definition) is 3. The standard InChI is InChI=1S/C12H8BrClF2N2O2S/c13-6-1-2-10(17)11(3-6)21(19,20)18-12-8(14)4-7(15)5-9(12)16/h1-5,18H,17H2. The molecule has 2 aromatic rings. The van der Waals surface area contributed by atoms with Crippen molar-refractivity contribution < 1.29 is 17.2 Å². The molecule has 112 valence electrons. The topological polar surface area (TPSA) is 72.2 Å². The van der Waals surface area contributed by atoms with Crippen LogP contribution in [0.2, 0.25) is 5.02 Å². The summed E-state index contributed by atoms with van der Waals surface area (Å²) < 4.78 is 53.5. The van der Waals surface area contributed by atoms with Crippen LogP contribution >= 0.6 is 27.5 Å². The quantitative estimate of drug-likeness (QED) is 0.775. The number of sulfonamides is 1. The summed E-state index contributed by atoms with van der Waals surface area (Å²) in [7, 11) is -4.18. The zero-order valence-electron chi connectivity index (χ0n) is 10.2. The van der Waals surface area contributed by atoms with Gasteiger partial charge < -0.3 is 5.73 Å². The molecule has 9 heteroatoms. The fraction of sp³-hybridized carbons (Fsp3) is 0. The fourth-order valence-corrected chi connectivity index (χ4v) is 3.63. The SMILES string of the molecule is Nc1ccc(Br)cc1S(=O)(=O)Nc1c(F)cc(F)cc1Cl. The summed E-state index contributed by atoms with van der Waals surface area (Å²) in [6.07, 6.45) is 0. The molecule has 2 aromatic carbocycles. The second kappa shape index (κ2) is 5.78. The van der Waals surface area contributed by atoms with Gasteiger partial charge in [0.05, 0.1) is 10.7 Å². The second-order valence-corrected chi connectivity index (χ2v) is 7.01. The van der Waals surface area contributed by atoms with Crippen molar-refractivity contribution in [1.29, 1.82) is 0 Å². The predicted octanol–water partition coefficient (Wildman–Crippen LogP) is 3.76. The van der Waals surface area contributed by atoms with Crippen LogP contribution in [0.25, 0.3) is 0 Å². The number of halogens is 4. The Bertz CT molecular complexity index is 792. The first-order chi connectivity index (χ1) is 9.70. The molecule has 3 N–H and O–H groups in total. The number of rotatable bonds is 3. The van der Waals surface area contributed by atoms with Crippen molar-refractivity contribution in [3.05, 3.63) is 51.5 Å². The van der Waals surface area contributed by atoms with Gasteiger partial charge in [0, 0.05) is 10.5 Å². The van der Waals surface area contributed by atoms with E-state index in [0.717, 1.165) is 6.07 Å². The summed E-state index contributed by atoms with van der Waals surface area (Å²) in [5.74, 6) is -2.04. The molecule has 0 aliphatic heterocycles. The maximum atomic E-state index is 13.6. The van der Waals surface area contributed by atoms with E-state index in [9.17, 15) is 17.2 Å². The molecule has 0 saturated heterocycles. The van der Waals surface area contributed by atoms with Gasteiger partial charge in [0.2, 0.25) is 0 Å². The highest BCUT2D eigenvalue weighted by Crippen LogP contribution is 2.30. The summed E-state index contributed by atoms with van der Waals surface area (Å²) >= 11 is 8.77. The Hall–Kier alpha value is -1.38. The van der Waals surface area contributed by atoms with Gasteiger partial charge in [0.1, 0.15) is 16.4 Å². The fourth-order valence-electron chi connectivity index (χ4n) is 1.57. The first-order valence-corrected chi connectivity index (χ1v) is 8.08. The number of nitrogens with two attached hydrogens (primary N) is 1. The van der Waals surface area contributed by atoms with E-state index in [1.54, 1.807) is 6.07 Å². The minimum atomic E-state index is -4.18. The Kier molecular flexibility index (Phi) is 4.40. The highest BCUT2D eigenvalue weighted by Gasteiger charge is 2.21. The van der Waals surface area contributed by atoms with Gasteiger partial charge in [0.15, 0.2) is 5.82 Å². The Balaban J connectivity index is 2.50. The largest absolute Gasteiger partial charge is 0.398 e. The smallest absolute Gasteiger partial charge is 0.264 e. The summed E-state index contributed by atoms with van der Waals surface area (Å²) in [5.41, 5.74) is 5.03. The number of nitrogens with one attached hydrogen (secondary N) is 1. The van der Waals surface area contributed by atoms with Crippen molar-refractivity contribution in [3.8, 4) is 0 Å². The van der Waals surface area contributed by atoms with Gasteiger partial charge in [-0.25, -0.2) is 17.2 Å². The molecule has 0 fully saturated rings. The first kappa shape index (κ1) is 16.0. The molecular formula is C12H8BrClF2N2O2S. The van der Waals surface area contributed by atoms with Gasteiger partial charge >= 0.3 is 0 Å². The summed E-state index contributed by atoms with van der Waals surface area (Å²) in [4.78, 5) is -0.253. The zero-order valence-corrected chi connectivity index (χ0v) is 13.4. The molecule has 0 amide bonds. The third kappa shape index (κ3) is 3.45. The average Bonchev–Trinajstić information content (AvgIpc) is 2.36. The van der Waals surface area contributed by atoms with Crippen LogP contribution in [0.3, 0.4) is 0 Å². The third-order valence-electron chi connectivity index (χ3n) is 2.51. The Morgan fingerprint density at radius 3 is 2.48 bits per heavy atom. The molecule has 0 atom stereocenters. The molecule has 0 saturated carbocycles. The van der Waals surface area contributed by atoms with Crippen LogP contribution in [0.5, 0.6) is 0 Å². The van der Waals surface area contributed by atoms with Crippen molar-refractivity contribution in [1.82, 2.24) is 0 Å². The summed E-state index contributed by atoms with van der Waals surface area (Å²) in [5, 5.41) is -0.398.